The van der Waals surface area contributed by atoms with Crippen molar-refractivity contribution in [3.63, 3.8) is 0 Å². The summed E-state index contributed by atoms with van der Waals surface area (Å²) >= 11 is 0. The van der Waals surface area contributed by atoms with Gasteiger partial charge in [0.1, 0.15) is 6.61 Å². The minimum absolute atomic E-state index is 0.0106. The van der Waals surface area contributed by atoms with Gasteiger partial charge in [0.2, 0.25) is 0 Å². The van der Waals surface area contributed by atoms with Crippen molar-refractivity contribution in [3.8, 4) is 0 Å². The van der Waals surface area contributed by atoms with Gasteiger partial charge in [0.05, 0.1) is 13.2 Å². The molecule has 0 fully saturated rings. The van der Waals surface area contributed by atoms with Gasteiger partial charge in [0.25, 0.3) is 0 Å². The first-order valence-electron chi connectivity index (χ1n) is 5.49. The van der Waals surface area contributed by atoms with Crippen molar-refractivity contribution in [1.29, 1.82) is 0 Å². The van der Waals surface area contributed by atoms with Crippen molar-refractivity contribution in [2.75, 3.05) is 26.4 Å². The van der Waals surface area contributed by atoms with E-state index in [1.165, 1.54) is 0 Å². The summed E-state index contributed by atoms with van der Waals surface area (Å²) in [4.78, 5) is 11.6. The van der Waals surface area contributed by atoms with Crippen molar-refractivity contribution in [1.82, 2.24) is 0 Å². The number of rotatable bonds is 7. The first-order valence-corrected chi connectivity index (χ1v) is 5.49. The zero-order chi connectivity index (χ0) is 11.8. The molecule has 0 aliphatic heterocycles. The number of hydrogen-bond donors (Lipinski definition) is 0. The molecule has 0 saturated heterocycles. The molecule has 16 heavy (non-hydrogen) atoms. The predicted octanol–water partition coefficient (Wildman–Crippen LogP) is 2.23. The zero-order valence-corrected chi connectivity index (χ0v) is 9.86. The SMILES string of the molecule is CCOCCOCC(=O)c1ccc(C)cc1. The largest absolute Gasteiger partial charge is 0.379 e. The summed E-state index contributed by atoms with van der Waals surface area (Å²) in [5, 5.41) is 0. The van der Waals surface area contributed by atoms with Crippen LogP contribution in [0.15, 0.2) is 24.3 Å². The molecule has 1 aromatic rings. The molecule has 0 aliphatic rings. The van der Waals surface area contributed by atoms with Crippen LogP contribution in [0.2, 0.25) is 0 Å². The van der Waals surface area contributed by atoms with Gasteiger partial charge >= 0.3 is 0 Å². The fourth-order valence-electron chi connectivity index (χ4n) is 1.25. The molecule has 0 spiro atoms. The number of ether oxygens (including phenoxy) is 2. The lowest BCUT2D eigenvalue weighted by Crippen LogP contribution is -2.12. The van der Waals surface area contributed by atoms with Gasteiger partial charge in [0, 0.05) is 12.2 Å². The maximum absolute atomic E-state index is 11.6. The first kappa shape index (κ1) is 12.9. The summed E-state index contributed by atoms with van der Waals surface area (Å²) < 4.78 is 10.3. The van der Waals surface area contributed by atoms with Crippen LogP contribution in [0.4, 0.5) is 0 Å². The van der Waals surface area contributed by atoms with Crippen LogP contribution >= 0.6 is 0 Å². The van der Waals surface area contributed by atoms with E-state index in [1.54, 1.807) is 0 Å². The van der Waals surface area contributed by atoms with Gasteiger partial charge in [-0.05, 0) is 13.8 Å². The third-order valence-electron chi connectivity index (χ3n) is 2.18. The molecule has 0 N–H and O–H groups in total. The fraction of sp³-hybridized carbons (Fsp3) is 0.462. The van der Waals surface area contributed by atoms with Gasteiger partial charge in [-0.2, -0.15) is 0 Å². The number of carbonyl (C=O) groups is 1. The number of ketones is 1. The Morgan fingerprint density at radius 2 is 1.75 bits per heavy atom. The maximum atomic E-state index is 11.6. The molecule has 3 nitrogen and oxygen atoms in total. The monoisotopic (exact) mass is 222 g/mol. The Hall–Kier alpha value is -1.19. The Bertz CT molecular complexity index is 316. The van der Waals surface area contributed by atoms with Crippen LogP contribution in [-0.2, 0) is 9.47 Å². The molecule has 0 saturated carbocycles. The Morgan fingerprint density at radius 3 is 2.38 bits per heavy atom. The number of Topliss-reactive ketones (excluding diaryl/α,β-unsaturated/α-hetero) is 1. The summed E-state index contributed by atoms with van der Waals surface area (Å²) in [7, 11) is 0. The van der Waals surface area contributed by atoms with Gasteiger partial charge in [-0.25, -0.2) is 0 Å². The van der Waals surface area contributed by atoms with E-state index in [0.29, 0.717) is 25.4 Å². The molecule has 0 heterocycles. The van der Waals surface area contributed by atoms with E-state index in [2.05, 4.69) is 0 Å². The van der Waals surface area contributed by atoms with Crippen LogP contribution in [0.3, 0.4) is 0 Å². The van der Waals surface area contributed by atoms with Crippen molar-refractivity contribution in [2.24, 2.45) is 0 Å². The molecule has 0 bridgehead atoms. The second-order valence-electron chi connectivity index (χ2n) is 3.54. The van der Waals surface area contributed by atoms with E-state index < -0.39 is 0 Å². The number of benzene rings is 1. The lowest BCUT2D eigenvalue weighted by Gasteiger charge is -2.04. The second-order valence-corrected chi connectivity index (χ2v) is 3.54. The smallest absolute Gasteiger partial charge is 0.188 e. The highest BCUT2D eigenvalue weighted by molar-refractivity contribution is 5.97. The summed E-state index contributed by atoms with van der Waals surface area (Å²) in [5.41, 5.74) is 1.84. The standard InChI is InChI=1S/C13H18O3/c1-3-15-8-9-16-10-13(14)12-6-4-11(2)5-7-12/h4-7H,3,8-10H2,1-2H3. The lowest BCUT2D eigenvalue weighted by atomic mass is 10.1. The van der Waals surface area contributed by atoms with Crippen LogP contribution in [0.25, 0.3) is 0 Å². The van der Waals surface area contributed by atoms with Crippen molar-refractivity contribution < 1.29 is 14.3 Å². The molecule has 0 aromatic heterocycles. The van der Waals surface area contributed by atoms with Crippen LogP contribution < -0.4 is 0 Å². The van der Waals surface area contributed by atoms with E-state index in [4.69, 9.17) is 9.47 Å². The first-order chi connectivity index (χ1) is 7.74. The Morgan fingerprint density at radius 1 is 1.12 bits per heavy atom. The van der Waals surface area contributed by atoms with E-state index in [0.717, 1.165) is 5.56 Å². The number of aryl methyl sites for hydroxylation is 1. The lowest BCUT2D eigenvalue weighted by molar-refractivity contribution is 0.0475. The van der Waals surface area contributed by atoms with E-state index in [9.17, 15) is 4.79 Å². The molecule has 1 rings (SSSR count). The van der Waals surface area contributed by atoms with Gasteiger partial charge < -0.3 is 9.47 Å². The quantitative estimate of drug-likeness (QED) is 0.524. The topological polar surface area (TPSA) is 35.5 Å². The Labute approximate surface area is 96.4 Å². The van der Waals surface area contributed by atoms with Crippen LogP contribution in [0, 0.1) is 6.92 Å². The molecular formula is C13H18O3. The van der Waals surface area contributed by atoms with Crippen LogP contribution in [0.1, 0.15) is 22.8 Å². The highest BCUT2D eigenvalue weighted by atomic mass is 16.5. The Kier molecular flexibility index (Phi) is 5.75. The van der Waals surface area contributed by atoms with Gasteiger partial charge in [-0.15, -0.1) is 0 Å². The minimum Gasteiger partial charge on any atom is -0.379 e. The molecule has 0 atom stereocenters. The van der Waals surface area contributed by atoms with Crippen molar-refractivity contribution in [3.05, 3.63) is 35.4 Å². The Balaban J connectivity index is 2.27. The summed E-state index contributed by atoms with van der Waals surface area (Å²) in [6.45, 7) is 5.72. The van der Waals surface area contributed by atoms with Crippen molar-refractivity contribution >= 4 is 5.78 Å². The molecule has 88 valence electrons. The summed E-state index contributed by atoms with van der Waals surface area (Å²) in [6, 6.07) is 7.49. The number of carbonyl (C=O) groups excluding carboxylic acids is 1. The third-order valence-corrected chi connectivity index (χ3v) is 2.18. The summed E-state index contributed by atoms with van der Waals surface area (Å²) in [5.74, 6) is 0.0106. The van der Waals surface area contributed by atoms with E-state index in [-0.39, 0.29) is 12.4 Å². The van der Waals surface area contributed by atoms with Gasteiger partial charge in [-0.1, -0.05) is 29.8 Å². The molecule has 3 heteroatoms. The van der Waals surface area contributed by atoms with Crippen LogP contribution in [0.5, 0.6) is 0 Å². The molecule has 0 amide bonds. The average molecular weight is 222 g/mol. The normalized spacial score (nSPS) is 10.4. The second kappa shape index (κ2) is 7.14. The predicted molar refractivity (Wildman–Crippen MR) is 62.8 cm³/mol. The molecule has 0 unspecified atom stereocenters. The third kappa shape index (κ3) is 4.55. The maximum Gasteiger partial charge on any atom is 0.188 e. The number of hydrogen-bond acceptors (Lipinski definition) is 3. The van der Waals surface area contributed by atoms with Crippen molar-refractivity contribution in [2.45, 2.75) is 13.8 Å². The molecule has 0 aliphatic carbocycles. The molecule has 0 radical (unpaired) electrons. The van der Waals surface area contributed by atoms with Gasteiger partial charge in [0.15, 0.2) is 5.78 Å². The molecule has 1 aromatic carbocycles. The average Bonchev–Trinajstić information content (AvgIpc) is 2.29. The highest BCUT2D eigenvalue weighted by Crippen LogP contribution is 2.04. The van der Waals surface area contributed by atoms with Gasteiger partial charge in [-0.3, -0.25) is 4.79 Å². The van der Waals surface area contributed by atoms with E-state index >= 15 is 0 Å². The zero-order valence-electron chi connectivity index (χ0n) is 9.86. The molecular weight excluding hydrogens is 204 g/mol. The van der Waals surface area contributed by atoms with Crippen LogP contribution in [-0.4, -0.2) is 32.2 Å². The van der Waals surface area contributed by atoms with E-state index in [1.807, 2.05) is 38.1 Å². The fourth-order valence-corrected chi connectivity index (χ4v) is 1.25. The summed E-state index contributed by atoms with van der Waals surface area (Å²) in [6.07, 6.45) is 0. The minimum atomic E-state index is 0.0106. The highest BCUT2D eigenvalue weighted by Gasteiger charge is 2.04.